The first-order valence-corrected chi connectivity index (χ1v) is 11.7. The molecule has 35 heavy (non-hydrogen) atoms. The van der Waals surface area contributed by atoms with Crippen molar-refractivity contribution >= 4 is 34.1 Å². The maximum atomic E-state index is 14.2. The number of nitrogens with one attached hydrogen (secondary N) is 2. The summed E-state index contributed by atoms with van der Waals surface area (Å²) in [5.74, 6) is -0.722. The maximum Gasteiger partial charge on any atom is 0.272 e. The summed E-state index contributed by atoms with van der Waals surface area (Å²) in [7, 11) is 0. The molecule has 0 saturated carbocycles. The van der Waals surface area contributed by atoms with E-state index in [4.69, 9.17) is 0 Å². The van der Waals surface area contributed by atoms with Gasteiger partial charge in [0.25, 0.3) is 11.8 Å². The average molecular weight is 471 g/mol. The zero-order valence-electron chi connectivity index (χ0n) is 19.8. The molecule has 5 rings (SSSR count). The second kappa shape index (κ2) is 9.25. The third kappa shape index (κ3) is 4.49. The van der Waals surface area contributed by atoms with Gasteiger partial charge in [0.2, 0.25) is 0 Å². The highest BCUT2D eigenvalue weighted by molar-refractivity contribution is 6.15. The summed E-state index contributed by atoms with van der Waals surface area (Å²) in [5, 5.41) is 3.78. The second-order valence-electron chi connectivity index (χ2n) is 8.98. The maximum absolute atomic E-state index is 14.2. The number of carbonyl (C=O) groups is 2. The lowest BCUT2D eigenvalue weighted by atomic mass is 10.1. The van der Waals surface area contributed by atoms with E-state index in [0.29, 0.717) is 48.8 Å². The van der Waals surface area contributed by atoms with E-state index >= 15 is 0 Å². The Balaban J connectivity index is 1.42. The van der Waals surface area contributed by atoms with Crippen LogP contribution in [0.1, 0.15) is 32.0 Å². The fourth-order valence-electron chi connectivity index (χ4n) is 4.58. The Morgan fingerprint density at radius 3 is 2.37 bits per heavy atom. The van der Waals surface area contributed by atoms with Gasteiger partial charge < -0.3 is 20.1 Å². The third-order valence-electron chi connectivity index (χ3n) is 6.45. The van der Waals surface area contributed by atoms with Crippen molar-refractivity contribution in [2.24, 2.45) is 0 Å². The zero-order valence-corrected chi connectivity index (χ0v) is 19.8. The van der Waals surface area contributed by atoms with Crippen LogP contribution in [0.15, 0.2) is 66.7 Å². The van der Waals surface area contributed by atoms with Crippen molar-refractivity contribution in [1.29, 1.82) is 0 Å². The van der Waals surface area contributed by atoms with Gasteiger partial charge in [-0.2, -0.15) is 0 Å². The molecule has 0 spiro atoms. The number of aromatic amines is 1. The molecule has 1 aliphatic rings. The number of hydrogen-bond donors (Lipinski definition) is 2. The van der Waals surface area contributed by atoms with Gasteiger partial charge in [-0.25, -0.2) is 4.39 Å². The second-order valence-corrected chi connectivity index (χ2v) is 8.98. The van der Waals surface area contributed by atoms with Gasteiger partial charge in [0.1, 0.15) is 11.5 Å². The number of anilines is 2. The number of piperazine rings is 1. The van der Waals surface area contributed by atoms with Gasteiger partial charge in [-0.15, -0.1) is 0 Å². The molecule has 0 unspecified atom stereocenters. The SMILES string of the molecule is Cc1cccc(C(=O)Nc2c(C(=O)N3CCN(c4ccccc4F)CC3)[nH]c3ccc(C)cc23)c1. The number of H-pyrrole nitrogens is 1. The fourth-order valence-corrected chi connectivity index (χ4v) is 4.58. The highest BCUT2D eigenvalue weighted by atomic mass is 19.1. The van der Waals surface area contributed by atoms with Gasteiger partial charge in [0.15, 0.2) is 0 Å². The minimum atomic E-state index is -0.269. The van der Waals surface area contributed by atoms with Gasteiger partial charge in [-0.05, 0) is 50.2 Å². The molecule has 1 aliphatic heterocycles. The topological polar surface area (TPSA) is 68.4 Å². The van der Waals surface area contributed by atoms with Crippen LogP contribution in [0.5, 0.6) is 0 Å². The number of carbonyl (C=O) groups excluding carboxylic acids is 2. The Hall–Kier alpha value is -4.13. The number of aromatic nitrogens is 1. The van der Waals surface area contributed by atoms with Crippen LogP contribution < -0.4 is 10.2 Å². The normalized spacial score (nSPS) is 13.8. The molecule has 1 aromatic heterocycles. The molecule has 0 aliphatic carbocycles. The van der Waals surface area contributed by atoms with Crippen LogP contribution >= 0.6 is 0 Å². The lowest BCUT2D eigenvalue weighted by molar-refractivity contribution is 0.0742. The molecular weight excluding hydrogens is 443 g/mol. The van der Waals surface area contributed by atoms with Crippen molar-refractivity contribution < 1.29 is 14.0 Å². The molecule has 0 bridgehead atoms. The van der Waals surface area contributed by atoms with Gasteiger partial charge in [0.05, 0.1) is 11.4 Å². The van der Waals surface area contributed by atoms with Gasteiger partial charge >= 0.3 is 0 Å². The molecule has 0 radical (unpaired) electrons. The van der Waals surface area contributed by atoms with Crippen molar-refractivity contribution in [3.63, 3.8) is 0 Å². The van der Waals surface area contributed by atoms with Gasteiger partial charge in [0, 0.05) is 42.6 Å². The standard InChI is InChI=1S/C28H27FN4O2/c1-18-6-5-7-20(16-18)27(34)31-25-21-17-19(2)10-11-23(21)30-26(25)28(35)33-14-12-32(13-15-33)24-9-4-3-8-22(24)29/h3-11,16-17,30H,12-15H2,1-2H3,(H,31,34). The number of aryl methyl sites for hydroxylation is 2. The first-order chi connectivity index (χ1) is 16.9. The highest BCUT2D eigenvalue weighted by Crippen LogP contribution is 2.31. The smallest absolute Gasteiger partial charge is 0.272 e. The predicted octanol–water partition coefficient (Wildman–Crippen LogP) is 5.14. The van der Waals surface area contributed by atoms with Crippen molar-refractivity contribution in [3.8, 4) is 0 Å². The van der Waals surface area contributed by atoms with Crippen molar-refractivity contribution in [1.82, 2.24) is 9.88 Å². The molecule has 2 heterocycles. The molecule has 178 valence electrons. The lowest BCUT2D eigenvalue weighted by Gasteiger charge is -2.36. The number of fused-ring (bicyclic) bond motifs is 1. The molecule has 0 atom stereocenters. The Morgan fingerprint density at radius 2 is 1.63 bits per heavy atom. The molecule has 1 saturated heterocycles. The van der Waals surface area contributed by atoms with Crippen LogP contribution in [0.2, 0.25) is 0 Å². The Bertz CT molecular complexity index is 1420. The number of para-hydroxylation sites is 1. The van der Waals surface area contributed by atoms with Gasteiger partial charge in [-0.3, -0.25) is 9.59 Å². The Morgan fingerprint density at radius 1 is 0.886 bits per heavy atom. The summed E-state index contributed by atoms with van der Waals surface area (Å²) >= 11 is 0. The fraction of sp³-hybridized carbons (Fsp3) is 0.214. The number of rotatable bonds is 4. The molecule has 3 aromatic carbocycles. The number of nitrogens with zero attached hydrogens (tertiary/aromatic N) is 2. The first kappa shape index (κ1) is 22.7. The average Bonchev–Trinajstić information content (AvgIpc) is 3.21. The quantitative estimate of drug-likeness (QED) is 0.434. The summed E-state index contributed by atoms with van der Waals surface area (Å²) < 4.78 is 14.2. The minimum absolute atomic E-state index is 0.188. The molecule has 7 heteroatoms. The van der Waals surface area contributed by atoms with Crippen LogP contribution in [0.3, 0.4) is 0 Å². The number of halogens is 1. The van der Waals surface area contributed by atoms with Crippen molar-refractivity contribution in [2.45, 2.75) is 13.8 Å². The lowest BCUT2D eigenvalue weighted by Crippen LogP contribution is -2.49. The van der Waals surface area contributed by atoms with Crippen LogP contribution in [0.25, 0.3) is 10.9 Å². The van der Waals surface area contributed by atoms with Crippen LogP contribution in [0, 0.1) is 19.7 Å². The molecule has 4 aromatic rings. The van der Waals surface area contributed by atoms with E-state index in [1.165, 1.54) is 6.07 Å². The summed E-state index contributed by atoms with van der Waals surface area (Å²) in [6.07, 6.45) is 0. The summed E-state index contributed by atoms with van der Waals surface area (Å²) in [6.45, 7) is 5.86. The first-order valence-electron chi connectivity index (χ1n) is 11.7. The highest BCUT2D eigenvalue weighted by Gasteiger charge is 2.28. The van der Waals surface area contributed by atoms with Crippen molar-refractivity contribution in [3.05, 3.63) is 94.9 Å². The van der Waals surface area contributed by atoms with E-state index in [1.54, 1.807) is 23.1 Å². The van der Waals surface area contributed by atoms with Crippen LogP contribution in [-0.2, 0) is 0 Å². The van der Waals surface area contributed by atoms with Gasteiger partial charge in [-0.1, -0.05) is 41.5 Å². The van der Waals surface area contributed by atoms with Crippen LogP contribution in [-0.4, -0.2) is 47.9 Å². The molecule has 2 N–H and O–H groups in total. The summed E-state index contributed by atoms with van der Waals surface area (Å²) in [4.78, 5) is 33.6. The molecular formula is C28H27FN4O2. The van der Waals surface area contributed by atoms with E-state index in [0.717, 1.165) is 22.0 Å². The van der Waals surface area contributed by atoms with E-state index in [9.17, 15) is 14.0 Å². The number of amides is 2. The van der Waals surface area contributed by atoms with E-state index < -0.39 is 0 Å². The monoisotopic (exact) mass is 470 g/mol. The largest absolute Gasteiger partial charge is 0.366 e. The molecule has 6 nitrogen and oxygen atoms in total. The Labute approximate surface area is 203 Å². The van der Waals surface area contributed by atoms with E-state index in [-0.39, 0.29) is 17.6 Å². The van der Waals surface area contributed by atoms with Crippen LogP contribution in [0.4, 0.5) is 15.8 Å². The number of benzene rings is 3. The zero-order chi connectivity index (χ0) is 24.5. The Kier molecular flexibility index (Phi) is 5.99. The van der Waals surface area contributed by atoms with E-state index in [1.807, 2.05) is 61.2 Å². The predicted molar refractivity (Wildman–Crippen MR) is 137 cm³/mol. The number of hydrogen-bond acceptors (Lipinski definition) is 3. The van der Waals surface area contributed by atoms with E-state index in [2.05, 4.69) is 10.3 Å². The summed E-state index contributed by atoms with van der Waals surface area (Å²) in [5.41, 5.74) is 4.71. The summed E-state index contributed by atoms with van der Waals surface area (Å²) in [6, 6.07) is 19.9. The minimum Gasteiger partial charge on any atom is -0.366 e. The molecule has 1 fully saturated rings. The third-order valence-corrected chi connectivity index (χ3v) is 6.45. The molecule has 2 amide bonds. The van der Waals surface area contributed by atoms with Crippen molar-refractivity contribution in [2.75, 3.05) is 36.4 Å².